The van der Waals surface area contributed by atoms with Crippen molar-refractivity contribution in [2.24, 2.45) is 5.73 Å². The highest BCUT2D eigenvalue weighted by Crippen LogP contribution is 2.14. The maximum absolute atomic E-state index is 11.6. The summed E-state index contributed by atoms with van der Waals surface area (Å²) in [5, 5.41) is 0. The minimum atomic E-state index is -0.282. The number of carbonyl (C=O) groups excluding carboxylic acids is 1. The summed E-state index contributed by atoms with van der Waals surface area (Å²) in [6, 6.07) is 7.97. The molecule has 1 aliphatic rings. The van der Waals surface area contributed by atoms with E-state index in [1.807, 2.05) is 4.90 Å². The second-order valence-electron chi connectivity index (χ2n) is 4.14. The first-order chi connectivity index (χ1) is 7.16. The van der Waals surface area contributed by atoms with Crippen molar-refractivity contribution in [2.45, 2.75) is 25.9 Å². The van der Waals surface area contributed by atoms with E-state index in [2.05, 4.69) is 31.2 Å². The van der Waals surface area contributed by atoms with E-state index in [1.54, 1.807) is 0 Å². The number of amides is 1. The highest BCUT2D eigenvalue weighted by atomic mass is 16.2. The van der Waals surface area contributed by atoms with Crippen molar-refractivity contribution in [1.82, 2.24) is 4.90 Å². The van der Waals surface area contributed by atoms with E-state index in [0.29, 0.717) is 6.54 Å². The van der Waals surface area contributed by atoms with Crippen LogP contribution in [0.2, 0.25) is 0 Å². The van der Waals surface area contributed by atoms with Gasteiger partial charge in [0.05, 0.1) is 6.04 Å². The predicted molar refractivity (Wildman–Crippen MR) is 59.2 cm³/mol. The summed E-state index contributed by atoms with van der Waals surface area (Å²) in [5.41, 5.74) is 8.06. The Labute approximate surface area is 89.9 Å². The number of likely N-dealkylation sites (tertiary alicyclic amines) is 1. The number of rotatable bonds is 2. The van der Waals surface area contributed by atoms with Crippen molar-refractivity contribution < 1.29 is 4.79 Å². The van der Waals surface area contributed by atoms with E-state index in [4.69, 9.17) is 5.73 Å². The molecule has 80 valence electrons. The summed E-state index contributed by atoms with van der Waals surface area (Å²) in [4.78, 5) is 13.4. The monoisotopic (exact) mass is 204 g/mol. The molecule has 3 nitrogen and oxygen atoms in total. The van der Waals surface area contributed by atoms with Gasteiger partial charge in [-0.25, -0.2) is 0 Å². The number of aryl methyl sites for hydroxylation is 1. The molecular formula is C12H16N2O. The van der Waals surface area contributed by atoms with Gasteiger partial charge in [0.15, 0.2) is 0 Å². The molecule has 1 heterocycles. The smallest absolute Gasteiger partial charge is 0.239 e. The standard InChI is InChI=1S/C12H16N2O/c1-9-2-4-10(5-3-9)8-14-7-6-11(13)12(14)15/h2-5,11H,6-8,13H2,1H3/t11-/m0/s1. The first-order valence-electron chi connectivity index (χ1n) is 5.27. The van der Waals surface area contributed by atoms with Crippen molar-refractivity contribution in [3.63, 3.8) is 0 Å². The molecule has 0 spiro atoms. The highest BCUT2D eigenvalue weighted by molar-refractivity contribution is 5.83. The molecule has 15 heavy (non-hydrogen) atoms. The van der Waals surface area contributed by atoms with Gasteiger partial charge in [-0.3, -0.25) is 4.79 Å². The van der Waals surface area contributed by atoms with Gasteiger partial charge in [0, 0.05) is 13.1 Å². The second kappa shape index (κ2) is 4.03. The summed E-state index contributed by atoms with van der Waals surface area (Å²) in [5.74, 6) is 0.0792. The average Bonchev–Trinajstić information content (AvgIpc) is 2.53. The second-order valence-corrected chi connectivity index (χ2v) is 4.14. The SMILES string of the molecule is Cc1ccc(CN2CC[C@H](N)C2=O)cc1. The van der Waals surface area contributed by atoms with Crippen LogP contribution in [0, 0.1) is 6.92 Å². The minimum Gasteiger partial charge on any atom is -0.337 e. The molecule has 0 bridgehead atoms. The Balaban J connectivity index is 2.03. The van der Waals surface area contributed by atoms with Gasteiger partial charge in [-0.15, -0.1) is 0 Å². The molecule has 0 saturated carbocycles. The molecule has 1 saturated heterocycles. The van der Waals surface area contributed by atoms with Gasteiger partial charge in [0.2, 0.25) is 5.91 Å². The zero-order valence-electron chi connectivity index (χ0n) is 8.94. The first kappa shape index (κ1) is 10.2. The quantitative estimate of drug-likeness (QED) is 0.782. The van der Waals surface area contributed by atoms with Crippen molar-refractivity contribution >= 4 is 5.91 Å². The van der Waals surface area contributed by atoms with Crippen LogP contribution in [0.4, 0.5) is 0 Å². The number of nitrogens with zero attached hydrogens (tertiary/aromatic N) is 1. The Kier molecular flexibility index (Phi) is 2.73. The number of benzene rings is 1. The molecule has 1 fully saturated rings. The van der Waals surface area contributed by atoms with Gasteiger partial charge < -0.3 is 10.6 Å². The summed E-state index contributed by atoms with van der Waals surface area (Å²) in [6.45, 7) is 3.53. The Morgan fingerprint density at radius 2 is 2.07 bits per heavy atom. The molecule has 1 aromatic carbocycles. The minimum absolute atomic E-state index is 0.0792. The van der Waals surface area contributed by atoms with Crippen molar-refractivity contribution in [2.75, 3.05) is 6.54 Å². The average molecular weight is 204 g/mol. The molecule has 1 aliphatic heterocycles. The van der Waals surface area contributed by atoms with Crippen LogP contribution in [-0.4, -0.2) is 23.4 Å². The topological polar surface area (TPSA) is 46.3 Å². The summed E-state index contributed by atoms with van der Waals surface area (Å²) in [7, 11) is 0. The van der Waals surface area contributed by atoms with Gasteiger partial charge >= 0.3 is 0 Å². The van der Waals surface area contributed by atoms with Gasteiger partial charge in [-0.2, -0.15) is 0 Å². The van der Waals surface area contributed by atoms with Crippen LogP contribution in [0.15, 0.2) is 24.3 Å². The van der Waals surface area contributed by atoms with E-state index in [0.717, 1.165) is 13.0 Å². The Morgan fingerprint density at radius 3 is 2.60 bits per heavy atom. The molecule has 0 radical (unpaired) electrons. The Morgan fingerprint density at radius 1 is 1.40 bits per heavy atom. The molecule has 0 aliphatic carbocycles. The number of nitrogens with two attached hydrogens (primary N) is 1. The highest BCUT2D eigenvalue weighted by Gasteiger charge is 2.27. The normalized spacial score (nSPS) is 21.1. The molecule has 0 aromatic heterocycles. The summed E-state index contributed by atoms with van der Waals surface area (Å²) < 4.78 is 0. The zero-order valence-corrected chi connectivity index (χ0v) is 8.94. The molecule has 0 unspecified atom stereocenters. The van der Waals surface area contributed by atoms with Gasteiger partial charge in [0.25, 0.3) is 0 Å². The number of hydrogen-bond donors (Lipinski definition) is 1. The molecule has 1 aromatic rings. The van der Waals surface area contributed by atoms with Crippen LogP contribution in [0.1, 0.15) is 17.5 Å². The van der Waals surface area contributed by atoms with Crippen molar-refractivity contribution in [3.8, 4) is 0 Å². The van der Waals surface area contributed by atoms with Crippen LogP contribution in [0.25, 0.3) is 0 Å². The first-order valence-corrected chi connectivity index (χ1v) is 5.27. The van der Waals surface area contributed by atoms with Crippen molar-refractivity contribution in [3.05, 3.63) is 35.4 Å². The van der Waals surface area contributed by atoms with Crippen LogP contribution in [0.3, 0.4) is 0 Å². The Bertz CT molecular complexity index is 358. The third kappa shape index (κ3) is 2.18. The van der Waals surface area contributed by atoms with Gasteiger partial charge in [-0.1, -0.05) is 29.8 Å². The maximum atomic E-state index is 11.6. The zero-order chi connectivity index (χ0) is 10.8. The molecule has 3 heteroatoms. The molecule has 2 rings (SSSR count). The lowest BCUT2D eigenvalue weighted by Gasteiger charge is -2.15. The fraction of sp³-hybridized carbons (Fsp3) is 0.417. The summed E-state index contributed by atoms with van der Waals surface area (Å²) >= 11 is 0. The van der Waals surface area contributed by atoms with E-state index < -0.39 is 0 Å². The van der Waals surface area contributed by atoms with Gasteiger partial charge in [0.1, 0.15) is 0 Å². The van der Waals surface area contributed by atoms with E-state index >= 15 is 0 Å². The van der Waals surface area contributed by atoms with E-state index in [-0.39, 0.29) is 11.9 Å². The fourth-order valence-electron chi connectivity index (χ4n) is 1.83. The van der Waals surface area contributed by atoms with E-state index in [9.17, 15) is 4.79 Å². The molecule has 1 amide bonds. The van der Waals surface area contributed by atoms with Crippen LogP contribution < -0.4 is 5.73 Å². The summed E-state index contributed by atoms with van der Waals surface area (Å²) in [6.07, 6.45) is 0.782. The Hall–Kier alpha value is -1.35. The predicted octanol–water partition coefficient (Wildman–Crippen LogP) is 1.05. The van der Waals surface area contributed by atoms with Crippen LogP contribution in [0.5, 0.6) is 0 Å². The fourth-order valence-corrected chi connectivity index (χ4v) is 1.83. The number of carbonyl (C=O) groups is 1. The lowest BCUT2D eigenvalue weighted by atomic mass is 10.1. The van der Waals surface area contributed by atoms with Crippen LogP contribution in [-0.2, 0) is 11.3 Å². The third-order valence-corrected chi connectivity index (χ3v) is 2.83. The van der Waals surface area contributed by atoms with Crippen LogP contribution >= 0.6 is 0 Å². The molecular weight excluding hydrogens is 188 g/mol. The molecule has 1 atom stereocenters. The lowest BCUT2D eigenvalue weighted by Crippen LogP contribution is -2.33. The third-order valence-electron chi connectivity index (χ3n) is 2.83. The molecule has 2 N–H and O–H groups in total. The van der Waals surface area contributed by atoms with Gasteiger partial charge in [-0.05, 0) is 18.9 Å². The van der Waals surface area contributed by atoms with Crippen molar-refractivity contribution in [1.29, 1.82) is 0 Å². The maximum Gasteiger partial charge on any atom is 0.239 e. The lowest BCUT2D eigenvalue weighted by molar-refractivity contribution is -0.129. The van der Waals surface area contributed by atoms with E-state index in [1.165, 1.54) is 11.1 Å². The largest absolute Gasteiger partial charge is 0.337 e. The number of hydrogen-bond acceptors (Lipinski definition) is 2.